The highest BCUT2D eigenvalue weighted by molar-refractivity contribution is 5.37. The molecule has 0 aromatic heterocycles. The first-order chi connectivity index (χ1) is 14.4. The van der Waals surface area contributed by atoms with Gasteiger partial charge in [-0.1, -0.05) is 0 Å². The van der Waals surface area contributed by atoms with E-state index in [9.17, 15) is 13.9 Å². The van der Waals surface area contributed by atoms with Crippen molar-refractivity contribution in [3.63, 3.8) is 0 Å². The highest BCUT2D eigenvalue weighted by atomic mass is 19.1. The number of aryl methyl sites for hydroxylation is 2. The lowest BCUT2D eigenvalue weighted by Crippen LogP contribution is -2.64. The lowest BCUT2D eigenvalue weighted by atomic mass is 9.93. The molecular formula is C23H25F2NO4. The smallest absolute Gasteiger partial charge is 0.217 e. The van der Waals surface area contributed by atoms with E-state index in [0.29, 0.717) is 50.3 Å². The SMILES string of the molecule is CN1CC([C@H]2CCc3cc(F)ccc3O2)OC(O)([C@@H]2CCc3cc(F)ccc3O2)C1. The predicted molar refractivity (Wildman–Crippen MR) is 106 cm³/mol. The van der Waals surface area contributed by atoms with Gasteiger partial charge in [0.2, 0.25) is 5.79 Å². The van der Waals surface area contributed by atoms with E-state index >= 15 is 0 Å². The van der Waals surface area contributed by atoms with Crippen LogP contribution < -0.4 is 9.47 Å². The van der Waals surface area contributed by atoms with Crippen molar-refractivity contribution in [1.82, 2.24) is 4.90 Å². The van der Waals surface area contributed by atoms with E-state index in [1.165, 1.54) is 24.3 Å². The number of benzene rings is 2. The van der Waals surface area contributed by atoms with Crippen molar-refractivity contribution in [3.8, 4) is 11.5 Å². The monoisotopic (exact) mass is 417 g/mol. The van der Waals surface area contributed by atoms with Crippen molar-refractivity contribution < 1.29 is 28.1 Å². The fraction of sp³-hybridized carbons (Fsp3) is 0.478. The van der Waals surface area contributed by atoms with Gasteiger partial charge in [-0.05, 0) is 80.3 Å². The number of nitrogens with zero attached hydrogens (tertiary/aromatic N) is 1. The molecule has 1 saturated heterocycles. The van der Waals surface area contributed by atoms with Crippen LogP contribution in [-0.4, -0.2) is 54.2 Å². The molecule has 0 spiro atoms. The number of hydrogen-bond donors (Lipinski definition) is 1. The Morgan fingerprint density at radius 2 is 1.57 bits per heavy atom. The zero-order valence-corrected chi connectivity index (χ0v) is 16.8. The van der Waals surface area contributed by atoms with Crippen LogP contribution in [-0.2, 0) is 17.6 Å². The summed E-state index contributed by atoms with van der Waals surface area (Å²) in [5.74, 6) is -0.820. The average Bonchev–Trinajstić information content (AvgIpc) is 2.72. The number of likely N-dealkylation sites (N-methyl/N-ethyl adjacent to an activating group) is 1. The zero-order chi connectivity index (χ0) is 20.9. The molecule has 30 heavy (non-hydrogen) atoms. The molecule has 3 aliphatic heterocycles. The molecule has 1 N–H and O–H groups in total. The Morgan fingerprint density at radius 3 is 2.27 bits per heavy atom. The summed E-state index contributed by atoms with van der Waals surface area (Å²) in [6.07, 6.45) is 1.34. The number of β-amino-alcohol motifs (C(OH)–C–C–N with tert-alkyl or cyclic N) is 1. The molecular weight excluding hydrogens is 392 g/mol. The topological polar surface area (TPSA) is 51.2 Å². The Kier molecular flexibility index (Phi) is 4.92. The molecule has 3 heterocycles. The summed E-state index contributed by atoms with van der Waals surface area (Å²) >= 11 is 0. The largest absolute Gasteiger partial charge is 0.487 e. The van der Waals surface area contributed by atoms with Gasteiger partial charge in [-0.3, -0.25) is 4.90 Å². The highest BCUT2D eigenvalue weighted by Gasteiger charge is 2.49. The van der Waals surface area contributed by atoms with Crippen molar-refractivity contribution in [3.05, 3.63) is 59.2 Å². The quantitative estimate of drug-likeness (QED) is 0.814. The van der Waals surface area contributed by atoms with E-state index in [2.05, 4.69) is 0 Å². The molecule has 5 nitrogen and oxygen atoms in total. The summed E-state index contributed by atoms with van der Waals surface area (Å²) in [5.41, 5.74) is 1.65. The summed E-state index contributed by atoms with van der Waals surface area (Å²) in [6.45, 7) is 0.914. The van der Waals surface area contributed by atoms with Crippen LogP contribution in [0.25, 0.3) is 0 Å². The molecule has 5 rings (SSSR count). The van der Waals surface area contributed by atoms with Gasteiger partial charge in [0.15, 0.2) is 6.10 Å². The lowest BCUT2D eigenvalue weighted by Gasteiger charge is -2.48. The maximum Gasteiger partial charge on any atom is 0.217 e. The fourth-order valence-electron chi connectivity index (χ4n) is 4.78. The summed E-state index contributed by atoms with van der Waals surface area (Å²) in [4.78, 5) is 2.02. The first-order valence-electron chi connectivity index (χ1n) is 10.4. The first kappa shape index (κ1) is 19.7. The Bertz CT molecular complexity index is 955. The normalized spacial score (nSPS) is 31.3. The Labute approximate surface area is 174 Å². The number of halogens is 2. The second kappa shape index (κ2) is 7.48. The summed E-state index contributed by atoms with van der Waals surface area (Å²) in [5, 5.41) is 11.4. The van der Waals surface area contributed by atoms with Crippen molar-refractivity contribution in [2.75, 3.05) is 20.1 Å². The Balaban J connectivity index is 1.33. The van der Waals surface area contributed by atoms with Gasteiger partial charge >= 0.3 is 0 Å². The molecule has 7 heteroatoms. The van der Waals surface area contributed by atoms with Gasteiger partial charge < -0.3 is 19.3 Å². The van der Waals surface area contributed by atoms with E-state index < -0.39 is 11.9 Å². The van der Waals surface area contributed by atoms with Crippen LogP contribution in [0.2, 0.25) is 0 Å². The molecule has 2 aromatic rings. The van der Waals surface area contributed by atoms with Crippen LogP contribution in [0.5, 0.6) is 11.5 Å². The standard InChI is InChI=1S/C23H25F2NO4/c1-26-12-21(20-6-2-14-10-16(24)4-7-18(14)28-20)30-23(27,13-26)22-9-3-15-11-17(25)5-8-19(15)29-22/h4-5,7-8,10-11,20-22,27H,2-3,6,9,12-13H2,1H3/t20-,21?,22+,23?/m1/s1. The molecule has 0 radical (unpaired) electrons. The van der Waals surface area contributed by atoms with E-state index in [1.807, 2.05) is 11.9 Å². The van der Waals surface area contributed by atoms with Gasteiger partial charge in [0.25, 0.3) is 0 Å². The number of fused-ring (bicyclic) bond motifs is 2. The van der Waals surface area contributed by atoms with Crippen LogP contribution in [0.4, 0.5) is 8.78 Å². The van der Waals surface area contributed by atoms with Gasteiger partial charge in [-0.2, -0.15) is 0 Å². The maximum atomic E-state index is 13.5. The first-order valence-corrected chi connectivity index (χ1v) is 10.4. The summed E-state index contributed by atoms with van der Waals surface area (Å²) in [7, 11) is 1.93. The number of morpholine rings is 1. The number of rotatable bonds is 2. The molecule has 2 unspecified atom stereocenters. The van der Waals surface area contributed by atoms with Crippen LogP contribution in [0.15, 0.2) is 36.4 Å². The highest BCUT2D eigenvalue weighted by Crippen LogP contribution is 2.37. The minimum atomic E-state index is -1.50. The Hall–Kier alpha value is -2.22. The summed E-state index contributed by atoms with van der Waals surface area (Å²) in [6, 6.07) is 8.98. The third kappa shape index (κ3) is 3.66. The van der Waals surface area contributed by atoms with Gasteiger partial charge in [-0.25, -0.2) is 8.78 Å². The van der Waals surface area contributed by atoms with Crippen molar-refractivity contribution in [2.24, 2.45) is 0 Å². The van der Waals surface area contributed by atoms with E-state index in [-0.39, 0.29) is 23.8 Å². The lowest BCUT2D eigenvalue weighted by molar-refractivity contribution is -0.312. The van der Waals surface area contributed by atoms with Crippen molar-refractivity contribution in [1.29, 1.82) is 0 Å². The molecule has 0 saturated carbocycles. The van der Waals surface area contributed by atoms with E-state index in [4.69, 9.17) is 14.2 Å². The fourth-order valence-corrected chi connectivity index (χ4v) is 4.78. The van der Waals surface area contributed by atoms with Crippen LogP contribution in [0.1, 0.15) is 24.0 Å². The van der Waals surface area contributed by atoms with E-state index in [0.717, 1.165) is 11.1 Å². The zero-order valence-electron chi connectivity index (χ0n) is 16.8. The third-order valence-electron chi connectivity index (χ3n) is 6.23. The third-order valence-corrected chi connectivity index (χ3v) is 6.23. The van der Waals surface area contributed by atoms with Gasteiger partial charge in [-0.15, -0.1) is 0 Å². The average molecular weight is 417 g/mol. The second-order valence-corrected chi connectivity index (χ2v) is 8.54. The van der Waals surface area contributed by atoms with Gasteiger partial charge in [0, 0.05) is 6.54 Å². The molecule has 4 atom stereocenters. The van der Waals surface area contributed by atoms with Gasteiger partial charge in [0.1, 0.15) is 35.3 Å². The number of ether oxygens (including phenoxy) is 3. The maximum absolute atomic E-state index is 13.5. The molecule has 2 aromatic carbocycles. The number of aliphatic hydroxyl groups is 1. The second-order valence-electron chi connectivity index (χ2n) is 8.54. The molecule has 0 aliphatic carbocycles. The number of hydrogen-bond acceptors (Lipinski definition) is 5. The Morgan fingerprint density at radius 1 is 0.933 bits per heavy atom. The van der Waals surface area contributed by atoms with E-state index in [1.54, 1.807) is 12.1 Å². The minimum absolute atomic E-state index is 0.248. The van der Waals surface area contributed by atoms with Crippen molar-refractivity contribution >= 4 is 0 Å². The summed E-state index contributed by atoms with van der Waals surface area (Å²) < 4.78 is 45.3. The molecule has 160 valence electrons. The molecule has 0 bridgehead atoms. The van der Waals surface area contributed by atoms with Crippen LogP contribution in [0.3, 0.4) is 0 Å². The minimum Gasteiger partial charge on any atom is -0.487 e. The molecule has 3 aliphatic rings. The molecule has 1 fully saturated rings. The molecule has 0 amide bonds. The predicted octanol–water partition coefficient (Wildman–Crippen LogP) is 3.07. The van der Waals surface area contributed by atoms with Crippen molar-refractivity contribution in [2.45, 2.75) is 49.8 Å². The van der Waals surface area contributed by atoms with Crippen LogP contribution in [0, 0.1) is 11.6 Å². The van der Waals surface area contributed by atoms with Gasteiger partial charge in [0.05, 0.1) is 6.54 Å². The van der Waals surface area contributed by atoms with Crippen LogP contribution >= 0.6 is 0 Å².